The number of nitrogens with one attached hydrogen (secondary N) is 1. The zero-order valence-electron chi connectivity index (χ0n) is 10.6. The molecule has 0 aromatic heterocycles. The van der Waals surface area contributed by atoms with Gasteiger partial charge in [-0.1, -0.05) is 19.8 Å². The van der Waals surface area contributed by atoms with Crippen LogP contribution >= 0.6 is 0 Å². The second kappa shape index (κ2) is 7.31. The summed E-state index contributed by atoms with van der Waals surface area (Å²) in [5.74, 6) is 0.168. The quantitative estimate of drug-likeness (QED) is 0.742. The van der Waals surface area contributed by atoms with Gasteiger partial charge in [0.2, 0.25) is 0 Å². The van der Waals surface area contributed by atoms with E-state index in [1.807, 2.05) is 6.92 Å². The van der Waals surface area contributed by atoms with Crippen LogP contribution in [0.1, 0.15) is 39.0 Å². The fraction of sp³-hybridized carbons (Fsp3) is 1.00. The second-order valence-electron chi connectivity index (χ2n) is 4.78. The minimum atomic E-state index is -3.32. The fourth-order valence-corrected chi connectivity index (χ4v) is 3.36. The number of nitrogens with zero attached hydrogens (tertiary/aromatic N) is 1. The Labute approximate surface area is 104 Å². The Bertz CT molecular complexity index is 298. The topological polar surface area (TPSA) is 69.6 Å². The molecule has 1 fully saturated rings. The average molecular weight is 264 g/mol. The van der Waals surface area contributed by atoms with Crippen molar-refractivity contribution in [1.82, 2.24) is 9.03 Å². The van der Waals surface area contributed by atoms with Crippen molar-refractivity contribution in [3.05, 3.63) is 0 Å². The van der Waals surface area contributed by atoms with Gasteiger partial charge in [-0.25, -0.2) is 4.72 Å². The lowest BCUT2D eigenvalue weighted by molar-refractivity contribution is 0.262. The van der Waals surface area contributed by atoms with Crippen LogP contribution < -0.4 is 4.72 Å². The van der Waals surface area contributed by atoms with E-state index in [0.717, 1.165) is 25.7 Å². The first kappa shape index (κ1) is 14.9. The van der Waals surface area contributed by atoms with E-state index >= 15 is 0 Å². The Balaban J connectivity index is 2.43. The molecule has 1 rings (SSSR count). The molecule has 0 radical (unpaired) electrons. The Morgan fingerprint density at radius 1 is 1.24 bits per heavy atom. The van der Waals surface area contributed by atoms with Crippen LogP contribution in [0.2, 0.25) is 0 Å². The van der Waals surface area contributed by atoms with Crippen molar-refractivity contribution in [3.8, 4) is 0 Å². The van der Waals surface area contributed by atoms with Crippen LogP contribution in [0.3, 0.4) is 0 Å². The van der Waals surface area contributed by atoms with Crippen LogP contribution in [0.15, 0.2) is 0 Å². The van der Waals surface area contributed by atoms with Crippen molar-refractivity contribution < 1.29 is 13.5 Å². The van der Waals surface area contributed by atoms with Crippen LogP contribution in [0.25, 0.3) is 0 Å². The molecule has 2 N–H and O–H groups in total. The van der Waals surface area contributed by atoms with E-state index in [2.05, 4.69) is 4.72 Å². The summed E-state index contributed by atoms with van der Waals surface area (Å²) in [5.41, 5.74) is 0. The third-order valence-electron chi connectivity index (χ3n) is 3.14. The van der Waals surface area contributed by atoms with E-state index in [1.54, 1.807) is 4.31 Å². The molecule has 0 aromatic rings. The molecule has 0 aliphatic carbocycles. The molecular weight excluding hydrogens is 240 g/mol. The molecule has 1 saturated heterocycles. The van der Waals surface area contributed by atoms with Crippen LogP contribution in [-0.2, 0) is 10.2 Å². The van der Waals surface area contributed by atoms with Crippen molar-refractivity contribution >= 4 is 10.2 Å². The van der Waals surface area contributed by atoms with Gasteiger partial charge in [-0.15, -0.1) is 0 Å². The first-order valence-corrected chi connectivity index (χ1v) is 7.86. The lowest BCUT2D eigenvalue weighted by Gasteiger charge is -2.21. The molecule has 0 bridgehead atoms. The van der Waals surface area contributed by atoms with Crippen molar-refractivity contribution in [2.75, 3.05) is 26.2 Å². The highest BCUT2D eigenvalue weighted by atomic mass is 32.2. The Morgan fingerprint density at radius 2 is 1.82 bits per heavy atom. The average Bonchev–Trinajstić information content (AvgIpc) is 2.56. The van der Waals surface area contributed by atoms with E-state index in [1.165, 1.54) is 0 Å². The SMILES string of the molecule is CC(CCO)CNS(=O)(=O)N1CCCCCC1. The maximum atomic E-state index is 12.0. The summed E-state index contributed by atoms with van der Waals surface area (Å²) in [6, 6.07) is 0. The van der Waals surface area contributed by atoms with Gasteiger partial charge in [0.1, 0.15) is 0 Å². The van der Waals surface area contributed by atoms with Gasteiger partial charge in [0.05, 0.1) is 0 Å². The number of aliphatic hydroxyl groups excluding tert-OH is 1. The van der Waals surface area contributed by atoms with Crippen LogP contribution in [0.5, 0.6) is 0 Å². The second-order valence-corrected chi connectivity index (χ2v) is 6.54. The molecule has 1 aliphatic rings. The molecule has 1 aliphatic heterocycles. The molecule has 1 atom stereocenters. The number of hydrogen-bond donors (Lipinski definition) is 2. The van der Waals surface area contributed by atoms with E-state index < -0.39 is 10.2 Å². The summed E-state index contributed by atoms with van der Waals surface area (Å²) in [5, 5.41) is 8.76. The zero-order chi connectivity index (χ0) is 12.7. The third kappa shape index (κ3) is 5.33. The van der Waals surface area contributed by atoms with Gasteiger partial charge in [-0.2, -0.15) is 12.7 Å². The standard InChI is InChI=1S/C11H24N2O3S/c1-11(6-9-14)10-12-17(15,16)13-7-4-2-3-5-8-13/h11-12,14H,2-10H2,1H3. The van der Waals surface area contributed by atoms with Gasteiger partial charge in [-0.05, 0) is 25.2 Å². The molecule has 1 unspecified atom stereocenters. The minimum absolute atomic E-state index is 0.104. The van der Waals surface area contributed by atoms with Gasteiger partial charge in [0, 0.05) is 26.2 Å². The fourth-order valence-electron chi connectivity index (χ4n) is 1.94. The molecule has 0 spiro atoms. The molecule has 17 heavy (non-hydrogen) atoms. The first-order chi connectivity index (χ1) is 8.06. The Hall–Kier alpha value is -0.170. The third-order valence-corrected chi connectivity index (χ3v) is 4.72. The molecule has 102 valence electrons. The lowest BCUT2D eigenvalue weighted by Crippen LogP contribution is -2.42. The summed E-state index contributed by atoms with van der Waals surface area (Å²) in [6.07, 6.45) is 4.77. The first-order valence-electron chi connectivity index (χ1n) is 6.42. The summed E-state index contributed by atoms with van der Waals surface area (Å²) < 4.78 is 28.2. The van der Waals surface area contributed by atoms with Crippen molar-refractivity contribution in [2.24, 2.45) is 5.92 Å². The summed E-state index contributed by atoms with van der Waals surface area (Å²) >= 11 is 0. The van der Waals surface area contributed by atoms with Crippen LogP contribution in [-0.4, -0.2) is 44.1 Å². The Morgan fingerprint density at radius 3 is 2.35 bits per heavy atom. The predicted molar refractivity (Wildman–Crippen MR) is 67.8 cm³/mol. The molecule has 5 nitrogen and oxygen atoms in total. The van der Waals surface area contributed by atoms with E-state index in [0.29, 0.717) is 26.1 Å². The van der Waals surface area contributed by atoms with Gasteiger partial charge in [0.15, 0.2) is 0 Å². The van der Waals surface area contributed by atoms with Gasteiger partial charge < -0.3 is 5.11 Å². The molecule has 0 amide bonds. The summed E-state index contributed by atoms with van der Waals surface area (Å²) in [4.78, 5) is 0. The smallest absolute Gasteiger partial charge is 0.279 e. The van der Waals surface area contributed by atoms with Crippen molar-refractivity contribution in [3.63, 3.8) is 0 Å². The van der Waals surface area contributed by atoms with Crippen LogP contribution in [0.4, 0.5) is 0 Å². The molecular formula is C11H24N2O3S. The highest BCUT2D eigenvalue weighted by Crippen LogP contribution is 2.12. The normalized spacial score (nSPS) is 21.1. The van der Waals surface area contributed by atoms with E-state index in [9.17, 15) is 8.42 Å². The maximum absolute atomic E-state index is 12.0. The van der Waals surface area contributed by atoms with Crippen LogP contribution in [0, 0.1) is 5.92 Å². The molecule has 6 heteroatoms. The van der Waals surface area contributed by atoms with Gasteiger partial charge in [0.25, 0.3) is 10.2 Å². The number of aliphatic hydroxyl groups is 1. The van der Waals surface area contributed by atoms with E-state index in [-0.39, 0.29) is 12.5 Å². The monoisotopic (exact) mass is 264 g/mol. The molecule has 0 aromatic carbocycles. The minimum Gasteiger partial charge on any atom is -0.396 e. The van der Waals surface area contributed by atoms with Crippen molar-refractivity contribution in [1.29, 1.82) is 0 Å². The van der Waals surface area contributed by atoms with Crippen molar-refractivity contribution in [2.45, 2.75) is 39.0 Å². The summed E-state index contributed by atoms with van der Waals surface area (Å²) in [7, 11) is -3.32. The van der Waals surface area contributed by atoms with E-state index in [4.69, 9.17) is 5.11 Å². The highest BCUT2D eigenvalue weighted by Gasteiger charge is 2.22. The molecule has 1 heterocycles. The Kier molecular flexibility index (Phi) is 6.40. The number of rotatable bonds is 6. The largest absolute Gasteiger partial charge is 0.396 e. The maximum Gasteiger partial charge on any atom is 0.279 e. The predicted octanol–water partition coefficient (Wildman–Crippen LogP) is 0.715. The highest BCUT2D eigenvalue weighted by molar-refractivity contribution is 7.87. The van der Waals surface area contributed by atoms with Gasteiger partial charge >= 0.3 is 0 Å². The van der Waals surface area contributed by atoms with Gasteiger partial charge in [-0.3, -0.25) is 0 Å². The number of hydrogen-bond acceptors (Lipinski definition) is 3. The zero-order valence-corrected chi connectivity index (χ0v) is 11.4. The molecule has 0 saturated carbocycles. The summed E-state index contributed by atoms with van der Waals surface area (Å²) in [6.45, 7) is 3.70. The lowest BCUT2D eigenvalue weighted by atomic mass is 10.1.